The van der Waals surface area contributed by atoms with Crippen molar-refractivity contribution in [3.8, 4) is 0 Å². The topological polar surface area (TPSA) is 124 Å². The van der Waals surface area contributed by atoms with Gasteiger partial charge in [-0.15, -0.1) is 0 Å². The van der Waals surface area contributed by atoms with Crippen LogP contribution in [0.5, 0.6) is 0 Å². The first-order chi connectivity index (χ1) is 7.97. The van der Waals surface area contributed by atoms with Gasteiger partial charge in [0, 0.05) is 19.6 Å². The Hall–Kier alpha value is -2.09. The summed E-state index contributed by atoms with van der Waals surface area (Å²) in [5.74, 6) is 0.490. The van der Waals surface area contributed by atoms with E-state index in [9.17, 15) is 9.59 Å². The molecule has 2 aromatic heterocycles. The van der Waals surface area contributed by atoms with Crippen LogP contribution in [0.3, 0.4) is 0 Å². The molecule has 0 aliphatic heterocycles. The van der Waals surface area contributed by atoms with Crippen molar-refractivity contribution < 1.29 is 0 Å². The largest absolute Gasteiger partial charge is 0.344 e. The predicted molar refractivity (Wildman–Crippen MR) is 64.3 cm³/mol. The number of fused-ring (bicyclic) bond motifs is 1. The lowest BCUT2D eigenvalue weighted by Gasteiger charge is -2.17. The lowest BCUT2D eigenvalue weighted by molar-refractivity contribution is 0.708. The molecule has 0 aromatic carbocycles. The van der Waals surface area contributed by atoms with E-state index >= 15 is 0 Å². The molecule has 1 atom stereocenters. The van der Waals surface area contributed by atoms with Crippen molar-refractivity contribution in [2.75, 3.05) is 18.5 Å². The predicted octanol–water partition coefficient (Wildman–Crippen LogP) is -1.28. The summed E-state index contributed by atoms with van der Waals surface area (Å²) in [5.41, 5.74) is 5.09. The molecule has 0 saturated heterocycles. The lowest BCUT2D eigenvalue weighted by Crippen LogP contribution is -2.33. The molecule has 8 heteroatoms. The van der Waals surface area contributed by atoms with E-state index in [4.69, 9.17) is 5.73 Å². The molecular formula is C9H14N6O2. The number of rotatable bonds is 3. The van der Waals surface area contributed by atoms with Gasteiger partial charge in [-0.1, -0.05) is 0 Å². The van der Waals surface area contributed by atoms with Crippen LogP contribution in [-0.2, 0) is 0 Å². The summed E-state index contributed by atoms with van der Waals surface area (Å²) >= 11 is 0. The zero-order valence-corrected chi connectivity index (χ0v) is 9.57. The Bertz CT molecular complexity index is 637. The van der Waals surface area contributed by atoms with Gasteiger partial charge in [0.15, 0.2) is 11.2 Å². The summed E-state index contributed by atoms with van der Waals surface area (Å²) in [7, 11) is 1.80. The zero-order valence-electron chi connectivity index (χ0n) is 9.57. The molecule has 8 nitrogen and oxygen atoms in total. The molecular weight excluding hydrogens is 224 g/mol. The van der Waals surface area contributed by atoms with E-state index in [-0.39, 0.29) is 17.2 Å². The van der Waals surface area contributed by atoms with Crippen molar-refractivity contribution in [2.45, 2.75) is 13.0 Å². The van der Waals surface area contributed by atoms with Gasteiger partial charge >= 0.3 is 5.69 Å². The molecule has 0 spiro atoms. The Labute approximate surface area is 95.9 Å². The summed E-state index contributed by atoms with van der Waals surface area (Å²) in [4.78, 5) is 35.9. The molecule has 0 saturated carbocycles. The minimum atomic E-state index is -0.574. The van der Waals surface area contributed by atoms with Crippen LogP contribution >= 0.6 is 0 Å². The van der Waals surface area contributed by atoms with Gasteiger partial charge in [0.05, 0.1) is 0 Å². The van der Waals surface area contributed by atoms with Crippen LogP contribution < -0.4 is 21.9 Å². The molecule has 0 unspecified atom stereocenters. The highest BCUT2D eigenvalue weighted by molar-refractivity contribution is 5.71. The summed E-state index contributed by atoms with van der Waals surface area (Å²) in [6.45, 7) is 2.45. The maximum atomic E-state index is 11.5. The lowest BCUT2D eigenvalue weighted by atomic mass is 10.3. The average Bonchev–Trinajstić information content (AvgIpc) is 2.60. The molecule has 0 amide bonds. The number of aromatic amines is 3. The number of hydrogen-bond acceptors (Lipinski definition) is 5. The van der Waals surface area contributed by atoms with Crippen LogP contribution in [0.2, 0.25) is 0 Å². The molecule has 0 aliphatic carbocycles. The van der Waals surface area contributed by atoms with E-state index in [1.54, 1.807) is 11.9 Å². The van der Waals surface area contributed by atoms with Crippen molar-refractivity contribution in [2.24, 2.45) is 5.73 Å². The molecule has 0 aliphatic rings. The standard InChI is InChI=1S/C9H14N6O2/c1-4(10)3-15(2)8-11-5-6(12-8)13-9(17)14-7(5)16/h4H,3,10H2,1-2H3,(H3,11,12,13,14,16,17)/t4-/m0/s1. The third-order valence-electron chi connectivity index (χ3n) is 2.30. The third-order valence-corrected chi connectivity index (χ3v) is 2.30. The van der Waals surface area contributed by atoms with E-state index < -0.39 is 11.2 Å². The quantitative estimate of drug-likeness (QED) is 0.530. The number of hydrogen-bond donors (Lipinski definition) is 4. The highest BCUT2D eigenvalue weighted by atomic mass is 16.2. The Morgan fingerprint density at radius 3 is 2.71 bits per heavy atom. The van der Waals surface area contributed by atoms with Crippen LogP contribution in [0.1, 0.15) is 6.92 Å². The summed E-state index contributed by atoms with van der Waals surface area (Å²) in [6, 6.07) is -0.0226. The van der Waals surface area contributed by atoms with E-state index in [1.165, 1.54) is 0 Å². The highest BCUT2D eigenvalue weighted by Gasteiger charge is 2.11. The number of nitrogens with two attached hydrogens (primary N) is 1. The number of anilines is 1. The summed E-state index contributed by atoms with van der Waals surface area (Å²) in [5, 5.41) is 0. The molecule has 0 fully saturated rings. The molecule has 0 bridgehead atoms. The molecule has 2 heterocycles. The van der Waals surface area contributed by atoms with Gasteiger partial charge in [0.1, 0.15) is 0 Å². The third kappa shape index (κ3) is 2.21. The number of nitrogens with zero attached hydrogens (tertiary/aromatic N) is 2. The first-order valence-corrected chi connectivity index (χ1v) is 5.16. The van der Waals surface area contributed by atoms with Gasteiger partial charge < -0.3 is 15.6 Å². The van der Waals surface area contributed by atoms with Gasteiger partial charge in [-0.05, 0) is 6.92 Å². The average molecular weight is 238 g/mol. The second-order valence-corrected chi connectivity index (χ2v) is 4.05. The Morgan fingerprint density at radius 2 is 2.06 bits per heavy atom. The van der Waals surface area contributed by atoms with Gasteiger partial charge in [0.25, 0.3) is 5.56 Å². The first-order valence-electron chi connectivity index (χ1n) is 5.16. The van der Waals surface area contributed by atoms with Crippen molar-refractivity contribution >= 4 is 17.1 Å². The minimum Gasteiger partial charge on any atom is -0.344 e. The van der Waals surface area contributed by atoms with E-state index in [0.717, 1.165) is 0 Å². The molecule has 2 rings (SSSR count). The maximum Gasteiger partial charge on any atom is 0.327 e. The van der Waals surface area contributed by atoms with Crippen LogP contribution in [0.15, 0.2) is 9.59 Å². The second-order valence-electron chi connectivity index (χ2n) is 4.05. The van der Waals surface area contributed by atoms with Crippen molar-refractivity contribution in [3.63, 3.8) is 0 Å². The highest BCUT2D eigenvalue weighted by Crippen LogP contribution is 2.10. The fourth-order valence-electron chi connectivity index (χ4n) is 1.62. The molecule has 0 radical (unpaired) electrons. The molecule has 17 heavy (non-hydrogen) atoms. The normalized spacial score (nSPS) is 12.9. The monoisotopic (exact) mass is 238 g/mol. The number of likely N-dealkylation sites (N-methyl/N-ethyl adjacent to an activating group) is 1. The van der Waals surface area contributed by atoms with Crippen LogP contribution in [0.4, 0.5) is 5.95 Å². The van der Waals surface area contributed by atoms with Crippen LogP contribution in [0.25, 0.3) is 11.2 Å². The molecule has 92 valence electrons. The van der Waals surface area contributed by atoms with E-state index in [1.807, 2.05) is 6.92 Å². The van der Waals surface area contributed by atoms with Crippen LogP contribution in [0, 0.1) is 0 Å². The van der Waals surface area contributed by atoms with E-state index in [0.29, 0.717) is 12.5 Å². The Kier molecular flexibility index (Phi) is 2.72. The fourth-order valence-corrected chi connectivity index (χ4v) is 1.62. The van der Waals surface area contributed by atoms with Gasteiger partial charge in [-0.2, -0.15) is 4.98 Å². The fraction of sp³-hybridized carbons (Fsp3) is 0.444. The summed E-state index contributed by atoms with van der Waals surface area (Å²) in [6.07, 6.45) is 0. The molecule has 2 aromatic rings. The summed E-state index contributed by atoms with van der Waals surface area (Å²) < 4.78 is 0. The second kappa shape index (κ2) is 4.06. The Morgan fingerprint density at radius 1 is 1.35 bits per heavy atom. The van der Waals surface area contributed by atoms with Crippen molar-refractivity contribution in [1.82, 2.24) is 19.9 Å². The van der Waals surface area contributed by atoms with Gasteiger partial charge in [-0.3, -0.25) is 14.8 Å². The Balaban J connectivity index is 2.48. The van der Waals surface area contributed by atoms with Gasteiger partial charge in [0.2, 0.25) is 5.95 Å². The van der Waals surface area contributed by atoms with Crippen molar-refractivity contribution in [3.05, 3.63) is 20.8 Å². The number of imidazole rings is 1. The van der Waals surface area contributed by atoms with Gasteiger partial charge in [-0.25, -0.2) is 4.79 Å². The number of H-pyrrole nitrogens is 3. The number of nitrogens with one attached hydrogen (secondary N) is 3. The SMILES string of the molecule is C[C@H](N)CN(C)c1nc2[nH]c(=O)[nH]c(=O)c2[nH]1. The maximum absolute atomic E-state index is 11.5. The minimum absolute atomic E-state index is 0.0226. The molecule has 5 N–H and O–H groups in total. The zero-order chi connectivity index (χ0) is 12.6. The van der Waals surface area contributed by atoms with E-state index in [2.05, 4.69) is 19.9 Å². The number of aromatic nitrogens is 4. The van der Waals surface area contributed by atoms with Crippen molar-refractivity contribution in [1.29, 1.82) is 0 Å². The first kappa shape index (κ1) is 11.4. The van der Waals surface area contributed by atoms with Crippen LogP contribution in [-0.4, -0.2) is 39.6 Å². The smallest absolute Gasteiger partial charge is 0.327 e.